The second-order valence-electron chi connectivity index (χ2n) is 6.84. The van der Waals surface area contributed by atoms with Gasteiger partial charge in [-0.3, -0.25) is 9.10 Å². The largest absolute Gasteiger partial charge is 0.493 e. The fourth-order valence-corrected chi connectivity index (χ4v) is 4.02. The van der Waals surface area contributed by atoms with Crippen LogP contribution in [0.2, 0.25) is 5.02 Å². The van der Waals surface area contributed by atoms with Gasteiger partial charge in [-0.15, -0.1) is 0 Å². The minimum Gasteiger partial charge on any atom is -0.493 e. The van der Waals surface area contributed by atoms with Crippen LogP contribution in [-0.4, -0.2) is 41.3 Å². The van der Waals surface area contributed by atoms with E-state index in [4.69, 9.17) is 21.1 Å². The number of carbonyl (C=O) groups is 1. The fourth-order valence-electron chi connectivity index (χ4n) is 2.89. The maximum Gasteiger partial charge on any atom is 0.232 e. The molecule has 2 aromatic carbocycles. The highest BCUT2D eigenvalue weighted by atomic mass is 35.5. The lowest BCUT2D eigenvalue weighted by molar-refractivity contribution is -0.121. The maximum absolute atomic E-state index is 12.2. The van der Waals surface area contributed by atoms with Crippen molar-refractivity contribution in [3.05, 3.63) is 52.5 Å². The van der Waals surface area contributed by atoms with E-state index >= 15 is 0 Å². The monoisotopic (exact) mass is 454 g/mol. The normalized spacial score (nSPS) is 11.1. The molecule has 2 aromatic rings. The first-order valence-electron chi connectivity index (χ1n) is 9.37. The Kier molecular flexibility index (Phi) is 8.37. The molecule has 0 unspecified atom stereocenters. The van der Waals surface area contributed by atoms with Crippen LogP contribution >= 0.6 is 11.6 Å². The number of halogens is 1. The number of rotatable bonds is 10. The lowest BCUT2D eigenvalue weighted by atomic mass is 10.2. The van der Waals surface area contributed by atoms with Gasteiger partial charge in [-0.25, -0.2) is 8.42 Å². The summed E-state index contributed by atoms with van der Waals surface area (Å²) < 4.78 is 36.1. The number of nitrogens with zero attached hydrogens (tertiary/aromatic N) is 1. The number of methoxy groups -OCH3 is 2. The first-order chi connectivity index (χ1) is 14.2. The third kappa shape index (κ3) is 6.53. The van der Waals surface area contributed by atoms with E-state index in [9.17, 15) is 13.2 Å². The second kappa shape index (κ2) is 10.5. The van der Waals surface area contributed by atoms with Crippen LogP contribution in [0.5, 0.6) is 11.5 Å². The van der Waals surface area contributed by atoms with Crippen molar-refractivity contribution in [2.24, 2.45) is 0 Å². The third-order valence-corrected chi connectivity index (χ3v) is 6.15. The highest BCUT2D eigenvalue weighted by Crippen LogP contribution is 2.27. The van der Waals surface area contributed by atoms with Gasteiger partial charge in [-0.1, -0.05) is 23.7 Å². The van der Waals surface area contributed by atoms with Gasteiger partial charge in [0.05, 0.1) is 26.2 Å². The first-order valence-corrected chi connectivity index (χ1v) is 11.6. The van der Waals surface area contributed by atoms with Crippen molar-refractivity contribution >= 4 is 33.2 Å². The molecule has 164 valence electrons. The molecule has 0 aromatic heterocycles. The quantitative estimate of drug-likeness (QED) is 0.593. The molecule has 1 N–H and O–H groups in total. The SMILES string of the molecule is COc1ccc(CNC(=O)CCCN(c2ccc(C)c(Cl)c2)S(C)(=O)=O)cc1OC. The molecule has 0 heterocycles. The summed E-state index contributed by atoms with van der Waals surface area (Å²) in [5, 5.41) is 3.33. The predicted molar refractivity (Wildman–Crippen MR) is 119 cm³/mol. The molecular weight excluding hydrogens is 428 g/mol. The standard InChI is InChI=1S/C21H27ClN2O5S/c1-15-7-9-17(13-18(15)22)24(30(4,26)27)11-5-6-21(25)23-14-16-8-10-19(28-2)20(12-16)29-3/h7-10,12-13H,5-6,11,14H2,1-4H3,(H,23,25). The van der Waals surface area contributed by atoms with Crippen molar-refractivity contribution in [2.45, 2.75) is 26.3 Å². The zero-order valence-electron chi connectivity index (χ0n) is 17.6. The number of amides is 1. The number of benzene rings is 2. The van der Waals surface area contributed by atoms with Gasteiger partial charge in [0, 0.05) is 24.5 Å². The number of sulfonamides is 1. The van der Waals surface area contributed by atoms with E-state index in [1.807, 2.05) is 13.0 Å². The highest BCUT2D eigenvalue weighted by Gasteiger charge is 2.18. The van der Waals surface area contributed by atoms with E-state index < -0.39 is 10.0 Å². The molecule has 0 saturated carbocycles. The van der Waals surface area contributed by atoms with E-state index in [-0.39, 0.29) is 18.9 Å². The number of anilines is 1. The Balaban J connectivity index is 1.92. The maximum atomic E-state index is 12.2. The molecule has 0 aliphatic carbocycles. The van der Waals surface area contributed by atoms with Gasteiger partial charge in [-0.05, 0) is 48.7 Å². The third-order valence-electron chi connectivity index (χ3n) is 4.55. The van der Waals surface area contributed by atoms with Crippen LogP contribution in [-0.2, 0) is 21.4 Å². The van der Waals surface area contributed by atoms with Gasteiger partial charge in [0.1, 0.15) is 0 Å². The van der Waals surface area contributed by atoms with Crippen molar-refractivity contribution in [3.8, 4) is 11.5 Å². The molecule has 0 fully saturated rings. The average molecular weight is 455 g/mol. The van der Waals surface area contributed by atoms with Crippen molar-refractivity contribution in [2.75, 3.05) is 31.3 Å². The van der Waals surface area contributed by atoms with E-state index in [0.29, 0.717) is 35.2 Å². The summed E-state index contributed by atoms with van der Waals surface area (Å²) in [6, 6.07) is 10.5. The van der Waals surface area contributed by atoms with Crippen LogP contribution in [0.15, 0.2) is 36.4 Å². The van der Waals surface area contributed by atoms with Crippen LogP contribution in [0.1, 0.15) is 24.0 Å². The van der Waals surface area contributed by atoms with Crippen LogP contribution in [0.4, 0.5) is 5.69 Å². The summed E-state index contributed by atoms with van der Waals surface area (Å²) in [5.41, 5.74) is 2.22. The number of nitrogens with one attached hydrogen (secondary N) is 1. The summed E-state index contributed by atoms with van der Waals surface area (Å²) in [7, 11) is -0.388. The van der Waals surface area contributed by atoms with Crippen molar-refractivity contribution < 1.29 is 22.7 Å². The minimum atomic E-state index is -3.50. The lowest BCUT2D eigenvalue weighted by Crippen LogP contribution is -2.32. The van der Waals surface area contributed by atoms with Gasteiger partial charge in [0.15, 0.2) is 11.5 Å². The topological polar surface area (TPSA) is 84.9 Å². The van der Waals surface area contributed by atoms with Crippen LogP contribution in [0, 0.1) is 6.92 Å². The number of hydrogen-bond donors (Lipinski definition) is 1. The van der Waals surface area contributed by atoms with Crippen LogP contribution in [0.25, 0.3) is 0 Å². The first kappa shape index (κ1) is 23.8. The number of aryl methyl sites for hydroxylation is 1. The lowest BCUT2D eigenvalue weighted by Gasteiger charge is -2.23. The summed E-state index contributed by atoms with van der Waals surface area (Å²) in [5.74, 6) is 1.04. The fraction of sp³-hybridized carbons (Fsp3) is 0.381. The summed E-state index contributed by atoms with van der Waals surface area (Å²) in [6.07, 6.45) is 1.70. The molecule has 0 bridgehead atoms. The minimum absolute atomic E-state index is 0.167. The van der Waals surface area contributed by atoms with Crippen LogP contribution < -0.4 is 19.1 Å². The Morgan fingerprint density at radius 2 is 1.80 bits per heavy atom. The smallest absolute Gasteiger partial charge is 0.232 e. The zero-order chi connectivity index (χ0) is 22.3. The molecule has 0 spiro atoms. The van der Waals surface area contributed by atoms with Crippen molar-refractivity contribution in [1.82, 2.24) is 5.32 Å². The summed E-state index contributed by atoms with van der Waals surface area (Å²) in [4.78, 5) is 12.2. The Morgan fingerprint density at radius 3 is 2.40 bits per heavy atom. The molecule has 0 aliphatic heterocycles. The van der Waals surface area contributed by atoms with Crippen molar-refractivity contribution in [3.63, 3.8) is 0 Å². The molecule has 9 heteroatoms. The van der Waals surface area contributed by atoms with Gasteiger partial charge in [0.25, 0.3) is 0 Å². The number of hydrogen-bond acceptors (Lipinski definition) is 5. The molecule has 0 radical (unpaired) electrons. The molecule has 0 saturated heterocycles. The second-order valence-corrected chi connectivity index (χ2v) is 9.15. The zero-order valence-corrected chi connectivity index (χ0v) is 19.1. The Hall–Kier alpha value is -2.45. The molecule has 0 aliphatic rings. The van der Waals surface area contributed by atoms with Crippen LogP contribution in [0.3, 0.4) is 0 Å². The predicted octanol–water partition coefficient (Wildman–Crippen LogP) is 3.53. The van der Waals surface area contributed by atoms with Gasteiger partial charge < -0.3 is 14.8 Å². The Labute approximate surface area is 183 Å². The highest BCUT2D eigenvalue weighted by molar-refractivity contribution is 7.92. The number of carbonyl (C=O) groups excluding carboxylic acids is 1. The molecule has 1 amide bonds. The van der Waals surface area contributed by atoms with Gasteiger partial charge in [-0.2, -0.15) is 0 Å². The molecule has 7 nitrogen and oxygen atoms in total. The molecule has 2 rings (SSSR count). The number of ether oxygens (including phenoxy) is 2. The van der Waals surface area contributed by atoms with E-state index in [2.05, 4.69) is 5.32 Å². The molecular formula is C21H27ClN2O5S. The van der Waals surface area contributed by atoms with Gasteiger partial charge in [0.2, 0.25) is 15.9 Å². The summed E-state index contributed by atoms with van der Waals surface area (Å²) >= 11 is 6.13. The van der Waals surface area contributed by atoms with E-state index in [1.54, 1.807) is 44.6 Å². The molecule has 0 atom stereocenters. The Morgan fingerprint density at radius 1 is 1.10 bits per heavy atom. The van der Waals surface area contributed by atoms with Gasteiger partial charge >= 0.3 is 0 Å². The average Bonchev–Trinajstić information content (AvgIpc) is 2.70. The van der Waals surface area contributed by atoms with Crippen molar-refractivity contribution in [1.29, 1.82) is 0 Å². The summed E-state index contributed by atoms with van der Waals surface area (Å²) in [6.45, 7) is 2.37. The Bertz CT molecular complexity index is 995. The van der Waals surface area contributed by atoms with E-state index in [0.717, 1.165) is 17.4 Å². The van der Waals surface area contributed by atoms with E-state index in [1.165, 1.54) is 4.31 Å². The molecule has 30 heavy (non-hydrogen) atoms.